The van der Waals surface area contributed by atoms with Crippen LogP contribution in [0.3, 0.4) is 0 Å². The Labute approximate surface area is 115 Å². The maximum atomic E-state index is 12.3. The van der Waals surface area contributed by atoms with Crippen LogP contribution in [-0.4, -0.2) is 5.78 Å². The van der Waals surface area contributed by atoms with Crippen LogP contribution in [0.25, 0.3) is 10.1 Å². The van der Waals surface area contributed by atoms with Crippen LogP contribution in [0, 0.1) is 13.8 Å². The highest BCUT2D eigenvalue weighted by Crippen LogP contribution is 2.27. The lowest BCUT2D eigenvalue weighted by Gasteiger charge is -1.99. The minimum absolute atomic E-state index is 0.123. The topological polar surface area (TPSA) is 30.2 Å². The van der Waals surface area contributed by atoms with Crippen molar-refractivity contribution in [3.05, 3.63) is 58.4 Å². The number of Topliss-reactive ketones (excluding diaryl/α,β-unsaturated/α-hetero) is 1. The van der Waals surface area contributed by atoms with Crippen molar-refractivity contribution < 1.29 is 9.21 Å². The molecular weight excluding hydrogens is 256 g/mol. The van der Waals surface area contributed by atoms with Gasteiger partial charge in [0.2, 0.25) is 0 Å². The molecule has 0 spiro atoms. The number of thiophene rings is 1. The standard InChI is InChI=1S/C16H14O2S/c1-10-7-14(11(2)18-10)15(17)8-12-9-19-16-6-4-3-5-13(12)16/h3-7,9H,8H2,1-2H3. The van der Waals surface area contributed by atoms with Gasteiger partial charge in [-0.1, -0.05) is 18.2 Å². The van der Waals surface area contributed by atoms with E-state index in [4.69, 9.17) is 4.42 Å². The first-order chi connectivity index (χ1) is 9.15. The molecule has 0 aliphatic heterocycles. The zero-order valence-corrected chi connectivity index (χ0v) is 11.7. The summed E-state index contributed by atoms with van der Waals surface area (Å²) in [6, 6.07) is 10.0. The molecule has 0 unspecified atom stereocenters. The van der Waals surface area contributed by atoms with Crippen molar-refractivity contribution in [2.45, 2.75) is 20.3 Å². The van der Waals surface area contributed by atoms with Gasteiger partial charge in [0, 0.05) is 11.1 Å². The molecule has 1 aromatic carbocycles. The summed E-state index contributed by atoms with van der Waals surface area (Å²) in [4.78, 5) is 12.3. The Morgan fingerprint density at radius 2 is 2.05 bits per heavy atom. The molecule has 0 saturated carbocycles. The van der Waals surface area contributed by atoms with Crippen molar-refractivity contribution in [1.29, 1.82) is 0 Å². The third-order valence-corrected chi connectivity index (χ3v) is 4.27. The average Bonchev–Trinajstić information content (AvgIpc) is 2.94. The van der Waals surface area contributed by atoms with E-state index in [0.717, 1.165) is 11.3 Å². The van der Waals surface area contributed by atoms with Crippen LogP contribution in [0.4, 0.5) is 0 Å². The van der Waals surface area contributed by atoms with Crippen molar-refractivity contribution in [2.24, 2.45) is 0 Å². The number of carbonyl (C=O) groups is 1. The van der Waals surface area contributed by atoms with Crippen LogP contribution in [0.2, 0.25) is 0 Å². The molecule has 0 radical (unpaired) electrons. The highest BCUT2D eigenvalue weighted by Gasteiger charge is 2.15. The molecule has 0 saturated heterocycles. The lowest BCUT2D eigenvalue weighted by Crippen LogP contribution is -2.03. The Balaban J connectivity index is 1.93. The fourth-order valence-corrected chi connectivity index (χ4v) is 3.31. The second-order valence-corrected chi connectivity index (χ2v) is 5.60. The Bertz CT molecular complexity index is 749. The molecule has 96 valence electrons. The molecule has 0 aliphatic rings. The van der Waals surface area contributed by atoms with Gasteiger partial charge in [-0.15, -0.1) is 11.3 Å². The van der Waals surface area contributed by atoms with Gasteiger partial charge >= 0.3 is 0 Å². The Morgan fingerprint density at radius 1 is 1.26 bits per heavy atom. The molecule has 3 aromatic rings. The van der Waals surface area contributed by atoms with E-state index in [1.807, 2.05) is 32.0 Å². The number of rotatable bonds is 3. The van der Waals surface area contributed by atoms with E-state index in [0.29, 0.717) is 17.7 Å². The fraction of sp³-hybridized carbons (Fsp3) is 0.188. The van der Waals surface area contributed by atoms with Gasteiger partial charge < -0.3 is 4.42 Å². The maximum Gasteiger partial charge on any atom is 0.170 e. The van der Waals surface area contributed by atoms with E-state index < -0.39 is 0 Å². The van der Waals surface area contributed by atoms with Crippen molar-refractivity contribution in [3.63, 3.8) is 0 Å². The van der Waals surface area contributed by atoms with Crippen LogP contribution in [0.15, 0.2) is 40.1 Å². The van der Waals surface area contributed by atoms with E-state index >= 15 is 0 Å². The third-order valence-electron chi connectivity index (χ3n) is 3.25. The van der Waals surface area contributed by atoms with Gasteiger partial charge in [-0.05, 0) is 42.3 Å². The molecule has 3 rings (SSSR count). The highest BCUT2D eigenvalue weighted by molar-refractivity contribution is 7.17. The smallest absolute Gasteiger partial charge is 0.170 e. The lowest BCUT2D eigenvalue weighted by molar-refractivity contribution is 0.0992. The monoisotopic (exact) mass is 270 g/mol. The SMILES string of the molecule is Cc1cc(C(=O)Cc2csc3ccccc23)c(C)o1. The molecule has 0 aliphatic carbocycles. The van der Waals surface area contributed by atoms with E-state index in [2.05, 4.69) is 17.5 Å². The van der Waals surface area contributed by atoms with Crippen LogP contribution in [0.5, 0.6) is 0 Å². The number of ketones is 1. The molecule has 0 bridgehead atoms. The largest absolute Gasteiger partial charge is 0.466 e. The molecule has 0 N–H and O–H groups in total. The quantitative estimate of drug-likeness (QED) is 0.654. The number of benzene rings is 1. The first-order valence-corrected chi connectivity index (χ1v) is 7.08. The summed E-state index contributed by atoms with van der Waals surface area (Å²) in [5.74, 6) is 1.62. The molecule has 2 aromatic heterocycles. The summed E-state index contributed by atoms with van der Waals surface area (Å²) in [5, 5.41) is 3.25. The predicted molar refractivity (Wildman–Crippen MR) is 78.0 cm³/mol. The first-order valence-electron chi connectivity index (χ1n) is 6.20. The van der Waals surface area contributed by atoms with Crippen molar-refractivity contribution >= 4 is 27.2 Å². The van der Waals surface area contributed by atoms with Crippen LogP contribution in [0.1, 0.15) is 27.4 Å². The number of hydrogen-bond donors (Lipinski definition) is 0. The van der Waals surface area contributed by atoms with Gasteiger partial charge in [0.1, 0.15) is 11.5 Å². The van der Waals surface area contributed by atoms with E-state index in [1.165, 1.54) is 10.1 Å². The first kappa shape index (κ1) is 12.2. The lowest BCUT2D eigenvalue weighted by atomic mass is 10.0. The molecule has 0 fully saturated rings. The van der Waals surface area contributed by atoms with Crippen molar-refractivity contribution in [3.8, 4) is 0 Å². The van der Waals surface area contributed by atoms with Crippen molar-refractivity contribution in [2.75, 3.05) is 0 Å². The second-order valence-electron chi connectivity index (χ2n) is 4.68. The van der Waals surface area contributed by atoms with Gasteiger partial charge in [-0.3, -0.25) is 4.79 Å². The van der Waals surface area contributed by atoms with Crippen LogP contribution >= 0.6 is 11.3 Å². The average molecular weight is 270 g/mol. The molecule has 3 heteroatoms. The summed E-state index contributed by atoms with van der Waals surface area (Å²) in [7, 11) is 0. The summed E-state index contributed by atoms with van der Waals surface area (Å²) < 4.78 is 6.65. The molecule has 0 amide bonds. The maximum absolute atomic E-state index is 12.3. The van der Waals surface area contributed by atoms with Crippen molar-refractivity contribution in [1.82, 2.24) is 0 Å². The van der Waals surface area contributed by atoms with Crippen LogP contribution in [-0.2, 0) is 6.42 Å². The normalized spacial score (nSPS) is 11.1. The van der Waals surface area contributed by atoms with Crippen LogP contribution < -0.4 is 0 Å². The second kappa shape index (κ2) is 4.67. The highest BCUT2D eigenvalue weighted by atomic mass is 32.1. The number of carbonyl (C=O) groups excluding carboxylic acids is 1. The zero-order valence-electron chi connectivity index (χ0n) is 10.9. The number of fused-ring (bicyclic) bond motifs is 1. The Hall–Kier alpha value is -1.87. The molecular formula is C16H14O2S. The van der Waals surface area contributed by atoms with Gasteiger partial charge in [-0.2, -0.15) is 0 Å². The molecule has 2 nitrogen and oxygen atoms in total. The zero-order chi connectivity index (χ0) is 13.4. The predicted octanol–water partition coefficient (Wildman–Crippen LogP) is 4.54. The molecule has 0 atom stereocenters. The number of furan rings is 1. The summed E-state index contributed by atoms with van der Waals surface area (Å²) in [6.45, 7) is 3.70. The summed E-state index contributed by atoms with van der Waals surface area (Å²) in [6.07, 6.45) is 0.434. The van der Waals surface area contributed by atoms with Gasteiger partial charge in [0.15, 0.2) is 5.78 Å². The minimum Gasteiger partial charge on any atom is -0.466 e. The number of aryl methyl sites for hydroxylation is 2. The summed E-state index contributed by atoms with van der Waals surface area (Å²) in [5.41, 5.74) is 1.80. The Morgan fingerprint density at radius 3 is 2.79 bits per heavy atom. The fourth-order valence-electron chi connectivity index (χ4n) is 2.35. The third kappa shape index (κ3) is 2.22. The number of hydrogen-bond acceptors (Lipinski definition) is 3. The summed E-state index contributed by atoms with van der Waals surface area (Å²) >= 11 is 1.68. The Kier molecular flexibility index (Phi) is 2.99. The molecule has 19 heavy (non-hydrogen) atoms. The molecule has 2 heterocycles. The minimum atomic E-state index is 0.123. The van der Waals surface area contributed by atoms with Gasteiger partial charge in [0.25, 0.3) is 0 Å². The van der Waals surface area contributed by atoms with E-state index in [-0.39, 0.29) is 5.78 Å². The van der Waals surface area contributed by atoms with Gasteiger partial charge in [0.05, 0.1) is 5.56 Å². The van der Waals surface area contributed by atoms with E-state index in [9.17, 15) is 4.79 Å². The van der Waals surface area contributed by atoms with Gasteiger partial charge in [-0.25, -0.2) is 0 Å². The van der Waals surface area contributed by atoms with E-state index in [1.54, 1.807) is 11.3 Å².